The van der Waals surface area contributed by atoms with E-state index in [0.717, 1.165) is 6.07 Å². The van der Waals surface area contributed by atoms with Crippen LogP contribution in [-0.4, -0.2) is 30.2 Å². The van der Waals surface area contributed by atoms with Gasteiger partial charge >= 0.3 is 12.1 Å². The second kappa shape index (κ2) is 11.9. The number of rotatable bonds is 7. The van der Waals surface area contributed by atoms with E-state index < -0.39 is 23.6 Å². The first-order chi connectivity index (χ1) is 20.2. The zero-order chi connectivity index (χ0) is 29.9. The highest BCUT2D eigenvalue weighted by Crippen LogP contribution is 2.39. The quantitative estimate of drug-likeness (QED) is 0.0833. The Morgan fingerprint density at radius 3 is 2.45 bits per heavy atom. The van der Waals surface area contributed by atoms with Crippen LogP contribution in [0.1, 0.15) is 32.0 Å². The molecule has 0 radical (unpaired) electrons. The smallest absolute Gasteiger partial charge is 0.418 e. The molecule has 5 rings (SSSR count). The van der Waals surface area contributed by atoms with Gasteiger partial charge < -0.3 is 14.5 Å². The summed E-state index contributed by atoms with van der Waals surface area (Å²) in [4.78, 5) is 28.7. The number of carbonyl (C=O) groups is 2. The number of hydrogen-bond donors (Lipinski definition) is 2. The molecule has 0 atom stereocenters. The van der Waals surface area contributed by atoms with Crippen LogP contribution in [0.3, 0.4) is 0 Å². The minimum Gasteiger partial charge on any atom is -0.497 e. The van der Waals surface area contributed by atoms with Crippen LogP contribution < -0.4 is 14.9 Å². The SMILES string of the molecule is COc1cccc(C(=O)Oc2ccc(Br)cc2C=NNC(=O)c2[nH]c3c(C(F)(F)F)cccc3c2-c2ccccc2)c1. The highest BCUT2D eigenvalue weighted by atomic mass is 79.9. The van der Waals surface area contributed by atoms with Crippen LogP contribution in [0.2, 0.25) is 0 Å². The minimum atomic E-state index is -4.64. The number of hydrazone groups is 1. The number of benzene rings is 4. The number of ether oxygens (including phenoxy) is 2. The molecule has 1 aromatic heterocycles. The van der Waals surface area contributed by atoms with Gasteiger partial charge in [0.2, 0.25) is 0 Å². The molecule has 7 nitrogen and oxygen atoms in total. The number of nitrogens with one attached hydrogen (secondary N) is 2. The Labute approximate surface area is 246 Å². The topological polar surface area (TPSA) is 92.8 Å². The van der Waals surface area contributed by atoms with Crippen LogP contribution >= 0.6 is 15.9 Å². The molecule has 0 unspecified atom stereocenters. The van der Waals surface area contributed by atoms with Crippen molar-refractivity contribution >= 4 is 44.9 Å². The summed E-state index contributed by atoms with van der Waals surface area (Å²) in [6, 6.07) is 23.7. The lowest BCUT2D eigenvalue weighted by Crippen LogP contribution is -2.19. The molecule has 0 saturated carbocycles. The molecule has 42 heavy (non-hydrogen) atoms. The van der Waals surface area contributed by atoms with Crippen molar-refractivity contribution in [3.63, 3.8) is 0 Å². The van der Waals surface area contributed by atoms with Gasteiger partial charge in [-0.25, -0.2) is 10.2 Å². The van der Waals surface area contributed by atoms with Gasteiger partial charge in [-0.1, -0.05) is 64.5 Å². The van der Waals surface area contributed by atoms with E-state index in [4.69, 9.17) is 9.47 Å². The number of H-pyrrole nitrogens is 1. The highest BCUT2D eigenvalue weighted by Gasteiger charge is 2.34. The number of para-hydroxylation sites is 1. The number of esters is 1. The number of aromatic amines is 1. The summed E-state index contributed by atoms with van der Waals surface area (Å²) < 4.78 is 52.7. The molecule has 0 aliphatic heterocycles. The van der Waals surface area contributed by atoms with E-state index in [9.17, 15) is 22.8 Å². The zero-order valence-corrected chi connectivity index (χ0v) is 23.4. The third kappa shape index (κ3) is 6.06. The molecule has 0 saturated heterocycles. The van der Waals surface area contributed by atoms with Crippen molar-refractivity contribution < 1.29 is 32.2 Å². The molecular weight excluding hydrogens is 615 g/mol. The molecule has 1 heterocycles. The van der Waals surface area contributed by atoms with Gasteiger partial charge in [0.15, 0.2) is 0 Å². The van der Waals surface area contributed by atoms with Crippen molar-refractivity contribution in [2.45, 2.75) is 6.18 Å². The molecule has 1 amide bonds. The number of carbonyl (C=O) groups excluding carboxylic acids is 2. The maximum Gasteiger partial charge on any atom is 0.418 e. The van der Waals surface area contributed by atoms with Gasteiger partial charge in [-0.15, -0.1) is 0 Å². The van der Waals surface area contributed by atoms with Gasteiger partial charge in [-0.2, -0.15) is 18.3 Å². The fourth-order valence-electron chi connectivity index (χ4n) is 4.37. The average Bonchev–Trinajstić information content (AvgIpc) is 3.38. The number of aromatic nitrogens is 1. The lowest BCUT2D eigenvalue weighted by atomic mass is 10.0. The number of amides is 1. The van der Waals surface area contributed by atoms with Gasteiger partial charge in [0, 0.05) is 21.0 Å². The Morgan fingerprint density at radius 1 is 0.952 bits per heavy atom. The largest absolute Gasteiger partial charge is 0.497 e. The van der Waals surface area contributed by atoms with Crippen LogP contribution in [0.5, 0.6) is 11.5 Å². The fraction of sp³-hybridized carbons (Fsp3) is 0.0645. The average molecular weight is 636 g/mol. The van der Waals surface area contributed by atoms with Crippen LogP contribution in [0.25, 0.3) is 22.0 Å². The van der Waals surface area contributed by atoms with Crippen LogP contribution in [0, 0.1) is 0 Å². The summed E-state index contributed by atoms with van der Waals surface area (Å²) in [7, 11) is 1.48. The van der Waals surface area contributed by atoms with Gasteiger partial charge in [0.1, 0.15) is 17.2 Å². The number of methoxy groups -OCH3 is 1. The number of fused-ring (bicyclic) bond motifs is 1. The van der Waals surface area contributed by atoms with E-state index in [0.29, 0.717) is 26.9 Å². The van der Waals surface area contributed by atoms with Crippen molar-refractivity contribution in [3.8, 4) is 22.6 Å². The first-order valence-corrected chi connectivity index (χ1v) is 13.2. The number of nitrogens with zero attached hydrogens (tertiary/aromatic N) is 1. The molecule has 5 aromatic rings. The van der Waals surface area contributed by atoms with Gasteiger partial charge in [-0.05, 0) is 48.0 Å². The van der Waals surface area contributed by atoms with Crippen molar-refractivity contribution in [2.24, 2.45) is 5.10 Å². The molecule has 0 spiro atoms. The monoisotopic (exact) mass is 635 g/mol. The second-order valence-corrected chi connectivity index (χ2v) is 9.89. The lowest BCUT2D eigenvalue weighted by Gasteiger charge is -2.09. The van der Waals surface area contributed by atoms with Crippen molar-refractivity contribution in [3.05, 3.63) is 118 Å². The van der Waals surface area contributed by atoms with Gasteiger partial charge in [0.25, 0.3) is 5.91 Å². The van der Waals surface area contributed by atoms with E-state index >= 15 is 0 Å². The first-order valence-electron chi connectivity index (χ1n) is 12.4. The summed E-state index contributed by atoms with van der Waals surface area (Å²) in [5, 5.41) is 4.24. The predicted molar refractivity (Wildman–Crippen MR) is 156 cm³/mol. The third-order valence-corrected chi connectivity index (χ3v) is 6.77. The Morgan fingerprint density at radius 2 is 1.71 bits per heavy atom. The Bertz CT molecular complexity index is 1820. The molecule has 11 heteroatoms. The maximum absolute atomic E-state index is 13.8. The lowest BCUT2D eigenvalue weighted by molar-refractivity contribution is -0.136. The zero-order valence-electron chi connectivity index (χ0n) is 21.8. The summed E-state index contributed by atoms with van der Waals surface area (Å²) in [5.74, 6) is -0.756. The third-order valence-electron chi connectivity index (χ3n) is 6.28. The molecule has 0 fully saturated rings. The van der Waals surface area contributed by atoms with Crippen LogP contribution in [0.15, 0.2) is 101 Å². The van der Waals surface area contributed by atoms with E-state index in [2.05, 4.69) is 31.4 Å². The number of hydrogen-bond acceptors (Lipinski definition) is 5. The summed E-state index contributed by atoms with van der Waals surface area (Å²) in [5.41, 5.74) is 2.64. The highest BCUT2D eigenvalue weighted by molar-refractivity contribution is 9.10. The molecule has 0 aliphatic carbocycles. The fourth-order valence-corrected chi connectivity index (χ4v) is 4.75. The van der Waals surface area contributed by atoms with E-state index in [-0.39, 0.29) is 27.9 Å². The van der Waals surface area contributed by atoms with Crippen molar-refractivity contribution in [1.29, 1.82) is 0 Å². The van der Waals surface area contributed by atoms with Crippen molar-refractivity contribution in [1.82, 2.24) is 10.4 Å². The molecule has 0 aliphatic rings. The van der Waals surface area contributed by atoms with E-state index in [1.807, 2.05) is 0 Å². The summed E-state index contributed by atoms with van der Waals surface area (Å²) in [6.07, 6.45) is -3.37. The molecule has 0 bridgehead atoms. The van der Waals surface area contributed by atoms with Crippen molar-refractivity contribution in [2.75, 3.05) is 7.11 Å². The van der Waals surface area contributed by atoms with Gasteiger partial charge in [-0.3, -0.25) is 4.79 Å². The Hall–Kier alpha value is -4.90. The normalized spacial score (nSPS) is 11.5. The summed E-state index contributed by atoms with van der Waals surface area (Å²) in [6.45, 7) is 0. The second-order valence-electron chi connectivity index (χ2n) is 8.97. The minimum absolute atomic E-state index is 0.0935. The van der Waals surface area contributed by atoms with E-state index in [1.54, 1.807) is 66.7 Å². The predicted octanol–water partition coefficient (Wildman–Crippen LogP) is 7.61. The van der Waals surface area contributed by atoms with Gasteiger partial charge in [0.05, 0.1) is 30.0 Å². The molecular formula is C31H21BrF3N3O4. The number of alkyl halides is 3. The Kier molecular flexibility index (Phi) is 8.12. The molecule has 4 aromatic carbocycles. The van der Waals surface area contributed by atoms with Crippen LogP contribution in [-0.2, 0) is 6.18 Å². The summed E-state index contributed by atoms with van der Waals surface area (Å²) >= 11 is 3.36. The van der Waals surface area contributed by atoms with E-state index in [1.165, 1.54) is 31.5 Å². The molecule has 212 valence electrons. The Balaban J connectivity index is 1.45. The van der Waals surface area contributed by atoms with Crippen LogP contribution in [0.4, 0.5) is 13.2 Å². The number of halogens is 4. The standard InChI is InChI=1S/C31H21BrF3N3O4/c1-41-22-10-5-9-19(16-22)30(40)42-25-14-13-21(32)15-20(25)17-36-38-29(39)28-26(18-7-3-2-4-8-18)23-11-6-12-24(27(23)37-28)31(33,34)35/h2-17,37H,1H3,(H,38,39). The first kappa shape index (κ1) is 28.6. The maximum atomic E-state index is 13.8. The molecule has 2 N–H and O–H groups in total.